The van der Waals surface area contributed by atoms with Crippen LogP contribution in [0.1, 0.15) is 80.4 Å². The number of benzene rings is 2. The minimum absolute atomic E-state index is 0.681. The second-order valence-corrected chi connectivity index (χ2v) is 10.1. The number of aromatic amines is 1. The van der Waals surface area contributed by atoms with Crippen molar-refractivity contribution < 1.29 is 0 Å². The van der Waals surface area contributed by atoms with Gasteiger partial charge in [-0.05, 0) is 79.4 Å². The molecule has 0 bridgehead atoms. The first kappa shape index (κ1) is 20.8. The molecule has 31 heavy (non-hydrogen) atoms. The Morgan fingerprint density at radius 1 is 0.742 bits per heavy atom. The largest absolute Gasteiger partial charge is 0.361 e. The van der Waals surface area contributed by atoms with Gasteiger partial charge >= 0.3 is 0 Å². The Hall–Kier alpha value is -2.06. The van der Waals surface area contributed by atoms with Crippen molar-refractivity contribution in [3.63, 3.8) is 0 Å². The molecule has 3 aromatic rings. The van der Waals surface area contributed by atoms with Crippen molar-refractivity contribution in [3.8, 4) is 0 Å². The third-order valence-corrected chi connectivity index (χ3v) is 7.82. The first-order valence-electron chi connectivity index (χ1n) is 12.7. The molecule has 0 spiro atoms. The SMILES string of the molecule is c1cc(C2CCCCN(Cc3ccc(CC4CCCCC4)cc3)CC2)c2cc[nH]c2c1. The van der Waals surface area contributed by atoms with E-state index < -0.39 is 0 Å². The molecule has 1 saturated carbocycles. The van der Waals surface area contributed by atoms with E-state index >= 15 is 0 Å². The van der Waals surface area contributed by atoms with Crippen molar-refractivity contribution in [2.24, 2.45) is 5.92 Å². The third kappa shape index (κ3) is 5.23. The fourth-order valence-corrected chi connectivity index (χ4v) is 6.02. The number of nitrogens with one attached hydrogen (secondary N) is 1. The van der Waals surface area contributed by atoms with Gasteiger partial charge in [0.25, 0.3) is 0 Å². The lowest BCUT2D eigenvalue weighted by Crippen LogP contribution is -2.28. The maximum absolute atomic E-state index is 3.39. The van der Waals surface area contributed by atoms with Gasteiger partial charge in [0, 0.05) is 23.6 Å². The number of aromatic nitrogens is 1. The quantitative estimate of drug-likeness (QED) is 0.459. The molecule has 0 radical (unpaired) electrons. The topological polar surface area (TPSA) is 19.0 Å². The van der Waals surface area contributed by atoms with Gasteiger partial charge in [0.2, 0.25) is 0 Å². The fraction of sp³-hybridized carbons (Fsp3) is 0.517. The minimum atomic E-state index is 0.681. The highest BCUT2D eigenvalue weighted by Gasteiger charge is 2.19. The number of rotatable bonds is 5. The lowest BCUT2D eigenvalue weighted by Gasteiger charge is -2.29. The van der Waals surface area contributed by atoms with Crippen LogP contribution in [-0.2, 0) is 13.0 Å². The average molecular weight is 415 g/mol. The van der Waals surface area contributed by atoms with Crippen LogP contribution in [0.4, 0.5) is 0 Å². The molecule has 0 amide bonds. The van der Waals surface area contributed by atoms with E-state index in [0.717, 1.165) is 12.5 Å². The number of fused-ring (bicyclic) bond motifs is 1. The predicted molar refractivity (Wildman–Crippen MR) is 132 cm³/mol. The zero-order chi connectivity index (χ0) is 20.9. The summed E-state index contributed by atoms with van der Waals surface area (Å²) in [6.07, 6.45) is 15.8. The summed E-state index contributed by atoms with van der Waals surface area (Å²) in [6.45, 7) is 3.55. The summed E-state index contributed by atoms with van der Waals surface area (Å²) in [4.78, 5) is 6.08. The first-order valence-corrected chi connectivity index (χ1v) is 12.7. The maximum atomic E-state index is 3.39. The van der Waals surface area contributed by atoms with Crippen LogP contribution in [0.5, 0.6) is 0 Å². The maximum Gasteiger partial charge on any atom is 0.0456 e. The Kier molecular flexibility index (Phi) is 6.74. The second kappa shape index (κ2) is 10.0. The van der Waals surface area contributed by atoms with E-state index in [1.165, 1.54) is 93.8 Å². The first-order chi connectivity index (χ1) is 15.3. The van der Waals surface area contributed by atoms with Gasteiger partial charge in [0.15, 0.2) is 0 Å². The van der Waals surface area contributed by atoms with Crippen LogP contribution in [0.25, 0.3) is 10.9 Å². The Labute approximate surface area is 188 Å². The van der Waals surface area contributed by atoms with Crippen LogP contribution in [-0.4, -0.2) is 23.0 Å². The van der Waals surface area contributed by atoms with E-state index in [2.05, 4.69) is 64.6 Å². The third-order valence-electron chi connectivity index (χ3n) is 7.82. The van der Waals surface area contributed by atoms with Gasteiger partial charge in [-0.1, -0.05) is 74.9 Å². The predicted octanol–water partition coefficient (Wildman–Crippen LogP) is 7.45. The van der Waals surface area contributed by atoms with Crippen LogP contribution in [0.15, 0.2) is 54.7 Å². The summed E-state index contributed by atoms with van der Waals surface area (Å²) < 4.78 is 0. The van der Waals surface area contributed by atoms with Crippen LogP contribution in [0.3, 0.4) is 0 Å². The van der Waals surface area contributed by atoms with E-state index in [9.17, 15) is 0 Å². The Balaban J connectivity index is 1.19. The van der Waals surface area contributed by atoms with Crippen molar-refractivity contribution in [2.75, 3.05) is 13.1 Å². The summed E-state index contributed by atoms with van der Waals surface area (Å²) >= 11 is 0. The summed E-state index contributed by atoms with van der Waals surface area (Å²) in [5.41, 5.74) is 5.86. The van der Waals surface area contributed by atoms with E-state index in [4.69, 9.17) is 0 Å². The summed E-state index contributed by atoms with van der Waals surface area (Å²) in [5, 5.41) is 1.42. The van der Waals surface area contributed by atoms with Gasteiger partial charge in [-0.3, -0.25) is 4.90 Å². The van der Waals surface area contributed by atoms with E-state index in [-0.39, 0.29) is 0 Å². The zero-order valence-corrected chi connectivity index (χ0v) is 19.0. The Bertz CT molecular complexity index is 948. The lowest BCUT2D eigenvalue weighted by molar-refractivity contribution is 0.230. The molecule has 1 atom stereocenters. The van der Waals surface area contributed by atoms with Gasteiger partial charge < -0.3 is 4.98 Å². The highest BCUT2D eigenvalue weighted by atomic mass is 15.1. The monoisotopic (exact) mass is 414 g/mol. The lowest BCUT2D eigenvalue weighted by atomic mass is 9.85. The van der Waals surface area contributed by atoms with Crippen molar-refractivity contribution in [1.29, 1.82) is 0 Å². The molecule has 1 aliphatic heterocycles. The van der Waals surface area contributed by atoms with Gasteiger partial charge in [0.05, 0.1) is 0 Å². The Morgan fingerprint density at radius 2 is 1.55 bits per heavy atom. The minimum Gasteiger partial charge on any atom is -0.361 e. The van der Waals surface area contributed by atoms with Gasteiger partial charge in [-0.25, -0.2) is 0 Å². The van der Waals surface area contributed by atoms with Gasteiger partial charge in [0.1, 0.15) is 0 Å². The highest BCUT2D eigenvalue weighted by molar-refractivity contribution is 5.83. The normalized spacial score (nSPS) is 21.7. The van der Waals surface area contributed by atoms with Crippen LogP contribution in [0, 0.1) is 5.92 Å². The highest BCUT2D eigenvalue weighted by Crippen LogP contribution is 2.33. The Morgan fingerprint density at radius 3 is 2.42 bits per heavy atom. The average Bonchev–Trinajstić information content (AvgIpc) is 3.27. The number of hydrogen-bond donors (Lipinski definition) is 1. The van der Waals surface area contributed by atoms with Crippen LogP contribution < -0.4 is 0 Å². The van der Waals surface area contributed by atoms with Gasteiger partial charge in [-0.15, -0.1) is 0 Å². The number of likely N-dealkylation sites (tertiary alicyclic amines) is 1. The molecule has 1 saturated heterocycles. The molecule has 1 N–H and O–H groups in total. The molecule has 2 aromatic carbocycles. The van der Waals surface area contributed by atoms with Crippen LogP contribution >= 0.6 is 0 Å². The molecule has 5 rings (SSSR count). The van der Waals surface area contributed by atoms with E-state index in [1.807, 2.05) is 0 Å². The standard InChI is InChI=1S/C29H38N2/c1-2-7-23(8-3-1)21-24-12-14-25(15-13-24)22-31-19-5-4-9-26(17-20-31)27-10-6-11-29-28(27)16-18-30-29/h6,10-16,18,23,26,30H,1-5,7-9,17,19-22H2. The molecule has 2 heterocycles. The number of nitrogens with zero attached hydrogens (tertiary/aromatic N) is 1. The van der Waals surface area contributed by atoms with Crippen molar-refractivity contribution >= 4 is 10.9 Å². The molecule has 2 heteroatoms. The zero-order valence-electron chi connectivity index (χ0n) is 19.0. The second-order valence-electron chi connectivity index (χ2n) is 10.1. The summed E-state index contributed by atoms with van der Waals surface area (Å²) in [7, 11) is 0. The van der Waals surface area contributed by atoms with Crippen molar-refractivity contribution in [1.82, 2.24) is 9.88 Å². The molecule has 2 fully saturated rings. The van der Waals surface area contributed by atoms with E-state index in [0.29, 0.717) is 5.92 Å². The molecule has 2 nitrogen and oxygen atoms in total. The summed E-state index contributed by atoms with van der Waals surface area (Å²) in [5.74, 6) is 1.61. The smallest absolute Gasteiger partial charge is 0.0456 e. The fourth-order valence-electron chi connectivity index (χ4n) is 6.02. The molecule has 1 aromatic heterocycles. The molecule has 1 aliphatic carbocycles. The summed E-state index contributed by atoms with van der Waals surface area (Å²) in [6, 6.07) is 18.6. The molecule has 2 aliphatic rings. The number of H-pyrrole nitrogens is 1. The molecular weight excluding hydrogens is 376 g/mol. The van der Waals surface area contributed by atoms with Crippen molar-refractivity contribution in [2.45, 2.75) is 76.7 Å². The number of hydrogen-bond acceptors (Lipinski definition) is 1. The molecule has 1 unspecified atom stereocenters. The molecule has 164 valence electrons. The van der Waals surface area contributed by atoms with Crippen molar-refractivity contribution in [3.05, 3.63) is 71.4 Å². The van der Waals surface area contributed by atoms with Crippen LogP contribution in [0.2, 0.25) is 0 Å². The van der Waals surface area contributed by atoms with Gasteiger partial charge in [-0.2, -0.15) is 0 Å². The van der Waals surface area contributed by atoms with E-state index in [1.54, 1.807) is 11.1 Å². The molecular formula is C29H38N2.